The topological polar surface area (TPSA) is 195 Å². The Labute approximate surface area is 264 Å². The van der Waals surface area contributed by atoms with Crippen molar-refractivity contribution in [3.63, 3.8) is 0 Å². The highest BCUT2D eigenvalue weighted by Crippen LogP contribution is 2.52. The third-order valence-electron chi connectivity index (χ3n) is 9.06. The Bertz CT molecular complexity index is 1700. The Morgan fingerprint density at radius 3 is 2.41 bits per heavy atom. The number of Topliss-reactive ketones (excluding diaryl/α,β-unsaturated/α-hetero) is 1. The minimum Gasteiger partial charge on any atom is -0.507 e. The molecule has 3 aromatic carbocycles. The van der Waals surface area contributed by atoms with Crippen molar-refractivity contribution < 1.29 is 53.8 Å². The molecular weight excluding hydrogens is 598 g/mol. The van der Waals surface area contributed by atoms with E-state index < -0.39 is 95.7 Å². The molecule has 0 spiro atoms. The number of benzene rings is 3. The van der Waals surface area contributed by atoms with Crippen LogP contribution in [0.3, 0.4) is 0 Å². The van der Waals surface area contributed by atoms with Crippen LogP contribution in [0.4, 0.5) is 0 Å². The number of carbonyl (C=O) groups is 3. The van der Waals surface area contributed by atoms with E-state index in [1.165, 1.54) is 25.3 Å². The van der Waals surface area contributed by atoms with Gasteiger partial charge in [0.25, 0.3) is 0 Å². The molecule has 1 fully saturated rings. The van der Waals surface area contributed by atoms with Gasteiger partial charge in [-0.15, -0.1) is 0 Å². The van der Waals surface area contributed by atoms with Crippen molar-refractivity contribution in [3.05, 3.63) is 87.5 Å². The Morgan fingerprint density at radius 2 is 1.74 bits per heavy atom. The van der Waals surface area contributed by atoms with Crippen molar-refractivity contribution >= 4 is 17.3 Å². The number of phenols is 2. The molecule has 6 N–H and O–H groups in total. The van der Waals surface area contributed by atoms with Crippen LogP contribution in [0, 0.1) is 0 Å². The Morgan fingerprint density at radius 1 is 1.02 bits per heavy atom. The van der Waals surface area contributed by atoms with Crippen LogP contribution < -0.4 is 10.5 Å². The van der Waals surface area contributed by atoms with Gasteiger partial charge in [0.2, 0.25) is 5.78 Å². The van der Waals surface area contributed by atoms with E-state index in [2.05, 4.69) is 0 Å². The predicted molar refractivity (Wildman–Crippen MR) is 161 cm³/mol. The molecule has 1 aliphatic heterocycles. The zero-order valence-corrected chi connectivity index (χ0v) is 25.3. The van der Waals surface area contributed by atoms with Gasteiger partial charge in [-0.3, -0.25) is 14.4 Å². The van der Waals surface area contributed by atoms with Gasteiger partial charge in [-0.2, -0.15) is 0 Å². The molecule has 0 amide bonds. The zero-order chi connectivity index (χ0) is 32.9. The molecule has 3 aliphatic rings. The molecule has 12 nitrogen and oxygen atoms in total. The molecule has 3 aromatic rings. The first-order valence-corrected chi connectivity index (χ1v) is 14.9. The number of hydrogen-bond donors (Lipinski definition) is 5. The molecule has 0 saturated carbocycles. The first-order valence-electron chi connectivity index (χ1n) is 14.9. The summed E-state index contributed by atoms with van der Waals surface area (Å²) in [6.07, 6.45) is -4.26. The lowest BCUT2D eigenvalue weighted by molar-refractivity contribution is -0.254. The van der Waals surface area contributed by atoms with Crippen LogP contribution >= 0.6 is 0 Å². The average Bonchev–Trinajstić information content (AvgIpc) is 3.04. The minimum absolute atomic E-state index is 0.0422. The minimum atomic E-state index is -2.24. The quantitative estimate of drug-likeness (QED) is 0.178. The predicted octanol–water partition coefficient (Wildman–Crippen LogP) is 2.23. The first kappa shape index (κ1) is 31.8. The maximum atomic E-state index is 13.8. The summed E-state index contributed by atoms with van der Waals surface area (Å²) in [7, 11) is 1.34. The summed E-state index contributed by atoms with van der Waals surface area (Å²) in [6, 6.07) is 13.4. The van der Waals surface area contributed by atoms with Crippen molar-refractivity contribution in [3.8, 4) is 17.2 Å². The van der Waals surface area contributed by atoms with Gasteiger partial charge in [0.15, 0.2) is 17.9 Å². The van der Waals surface area contributed by atoms with E-state index in [1.54, 1.807) is 6.92 Å². The second kappa shape index (κ2) is 12.2. The summed E-state index contributed by atoms with van der Waals surface area (Å²) in [4.78, 5) is 40.3. The van der Waals surface area contributed by atoms with Crippen molar-refractivity contribution in [1.82, 2.24) is 0 Å². The number of rotatable bonds is 8. The van der Waals surface area contributed by atoms with Crippen LogP contribution in [-0.2, 0) is 32.0 Å². The Hall–Kier alpha value is -4.17. The molecule has 6 rings (SSSR count). The van der Waals surface area contributed by atoms with Gasteiger partial charge >= 0.3 is 0 Å². The summed E-state index contributed by atoms with van der Waals surface area (Å²) in [5.74, 6) is -3.68. The van der Waals surface area contributed by atoms with Gasteiger partial charge in [0, 0.05) is 42.0 Å². The summed E-state index contributed by atoms with van der Waals surface area (Å²) >= 11 is 0. The maximum Gasteiger partial charge on any atom is 0.202 e. The number of ketones is 3. The number of aliphatic hydroxyl groups is 2. The van der Waals surface area contributed by atoms with Crippen LogP contribution in [0.5, 0.6) is 17.2 Å². The smallest absolute Gasteiger partial charge is 0.202 e. The number of phenolic OH excluding ortho intramolecular Hbond substituents is 2. The number of fused-ring (bicyclic) bond motifs is 3. The maximum absolute atomic E-state index is 13.8. The number of aromatic hydroxyl groups is 2. The van der Waals surface area contributed by atoms with Crippen LogP contribution in [-0.4, -0.2) is 81.6 Å². The fourth-order valence-electron chi connectivity index (χ4n) is 6.77. The van der Waals surface area contributed by atoms with Crippen LogP contribution in [0.1, 0.15) is 74.4 Å². The summed E-state index contributed by atoms with van der Waals surface area (Å²) < 4.78 is 23.7. The molecule has 46 heavy (non-hydrogen) atoms. The van der Waals surface area contributed by atoms with E-state index in [9.17, 15) is 34.8 Å². The van der Waals surface area contributed by atoms with Crippen LogP contribution in [0.2, 0.25) is 0 Å². The third kappa shape index (κ3) is 5.26. The third-order valence-corrected chi connectivity index (χ3v) is 9.06. The van der Waals surface area contributed by atoms with Gasteiger partial charge in [0.05, 0.1) is 48.7 Å². The van der Waals surface area contributed by atoms with Gasteiger partial charge in [-0.25, -0.2) is 0 Å². The molecule has 6 atom stereocenters. The van der Waals surface area contributed by atoms with E-state index >= 15 is 0 Å². The molecule has 12 heteroatoms. The van der Waals surface area contributed by atoms with E-state index in [0.717, 1.165) is 5.56 Å². The number of carbonyl (C=O) groups excluding carboxylic acids is 3. The van der Waals surface area contributed by atoms with Crippen molar-refractivity contribution in [1.29, 1.82) is 0 Å². The lowest BCUT2D eigenvalue weighted by atomic mass is 9.72. The number of ether oxygens (including phenoxy) is 4. The van der Waals surface area contributed by atoms with Crippen molar-refractivity contribution in [2.45, 2.75) is 69.0 Å². The number of methoxy groups -OCH3 is 1. The second-order valence-corrected chi connectivity index (χ2v) is 11.9. The van der Waals surface area contributed by atoms with Gasteiger partial charge in [-0.1, -0.05) is 42.5 Å². The fourth-order valence-corrected chi connectivity index (χ4v) is 6.77. The van der Waals surface area contributed by atoms with E-state index in [-0.39, 0.29) is 34.4 Å². The Kier molecular flexibility index (Phi) is 8.44. The van der Waals surface area contributed by atoms with E-state index in [0.29, 0.717) is 6.61 Å². The molecule has 2 aliphatic carbocycles. The van der Waals surface area contributed by atoms with E-state index in [1.807, 2.05) is 30.3 Å². The lowest BCUT2D eigenvalue weighted by Crippen LogP contribution is -2.54. The van der Waals surface area contributed by atoms with Crippen molar-refractivity contribution in [2.75, 3.05) is 13.7 Å². The number of hydrogen-bond acceptors (Lipinski definition) is 12. The molecule has 0 aromatic heterocycles. The zero-order valence-electron chi connectivity index (χ0n) is 25.3. The lowest BCUT2D eigenvalue weighted by Gasteiger charge is -2.43. The van der Waals surface area contributed by atoms with Crippen LogP contribution in [0.15, 0.2) is 48.5 Å². The highest BCUT2D eigenvalue weighted by atomic mass is 16.7. The van der Waals surface area contributed by atoms with E-state index in [4.69, 9.17) is 24.7 Å². The summed E-state index contributed by atoms with van der Waals surface area (Å²) in [5, 5.41) is 44.3. The van der Waals surface area contributed by atoms with Crippen LogP contribution in [0.25, 0.3) is 0 Å². The SMILES string of the molecule is COc1cccc2c1C(=O)c1c(O)c3c(c(O)c1C2=O)C[C@@](O)(C(=O)CO)C[C@@H]3OC1CC(N)C(OCc2ccccc2)C(C)O1. The van der Waals surface area contributed by atoms with Gasteiger partial charge in [0.1, 0.15) is 29.5 Å². The summed E-state index contributed by atoms with van der Waals surface area (Å²) in [6.45, 7) is 1.06. The molecule has 0 bridgehead atoms. The largest absolute Gasteiger partial charge is 0.507 e. The monoisotopic (exact) mass is 633 g/mol. The molecule has 0 radical (unpaired) electrons. The second-order valence-electron chi connectivity index (χ2n) is 11.9. The Balaban J connectivity index is 1.36. The molecule has 4 unspecified atom stereocenters. The molecule has 1 heterocycles. The average molecular weight is 634 g/mol. The number of aliphatic hydroxyl groups excluding tert-OH is 1. The summed E-state index contributed by atoms with van der Waals surface area (Å²) in [5.41, 5.74) is 3.93. The van der Waals surface area contributed by atoms with Crippen molar-refractivity contribution in [2.24, 2.45) is 5.73 Å². The molecular formula is C34H35NO11. The highest BCUT2D eigenvalue weighted by molar-refractivity contribution is 6.31. The number of nitrogens with two attached hydrogens (primary N) is 1. The fraction of sp³-hybridized carbons (Fsp3) is 0.382. The standard InChI is InChI=1S/C34H35NO11/c1-16-33(44-15-17-7-4-3-5-8-17)20(35)11-24(45-16)46-22-13-34(42,23(37)14-36)12-19-26(22)32(41)28-27(30(19)39)29(38)18-9-6-10-21(43-2)25(18)31(28)40/h3-10,16,20,22,24,33,36,39,41-42H,11-15,35H2,1-2H3/t16?,20?,22-,24?,33?,34-/m0/s1. The normalized spacial score (nSPS) is 27.0. The highest BCUT2D eigenvalue weighted by Gasteiger charge is 2.50. The van der Waals surface area contributed by atoms with Gasteiger partial charge < -0.3 is 45.1 Å². The first-order chi connectivity index (χ1) is 22.0. The van der Waals surface area contributed by atoms with Gasteiger partial charge in [-0.05, 0) is 18.6 Å². The molecule has 1 saturated heterocycles. The molecule has 242 valence electrons.